The molecule has 21 heavy (non-hydrogen) atoms. The number of rotatable bonds is 4. The molecule has 2 rings (SSSR count). The first-order valence-corrected chi connectivity index (χ1v) is 7.51. The molecule has 0 bridgehead atoms. The van der Waals surface area contributed by atoms with E-state index in [-0.39, 0.29) is 12.5 Å². The summed E-state index contributed by atoms with van der Waals surface area (Å²) in [6.07, 6.45) is 0. The molecule has 6 heteroatoms. The van der Waals surface area contributed by atoms with Crippen LogP contribution in [0.2, 0.25) is 0 Å². The third kappa shape index (κ3) is 4.49. The first-order chi connectivity index (χ1) is 10.1. The van der Waals surface area contributed by atoms with Crippen molar-refractivity contribution in [1.82, 2.24) is 9.80 Å². The molecule has 0 spiro atoms. The van der Waals surface area contributed by atoms with Crippen molar-refractivity contribution in [1.29, 1.82) is 0 Å². The van der Waals surface area contributed by atoms with Crippen LogP contribution in [0.1, 0.15) is 12.5 Å². The normalized spacial score (nSPS) is 15.8. The molecule has 5 nitrogen and oxygen atoms in total. The second kappa shape index (κ2) is 7.49. The van der Waals surface area contributed by atoms with Gasteiger partial charge >= 0.3 is 0 Å². The summed E-state index contributed by atoms with van der Waals surface area (Å²) in [7, 11) is 0. The van der Waals surface area contributed by atoms with Gasteiger partial charge in [-0.2, -0.15) is 0 Å². The van der Waals surface area contributed by atoms with Gasteiger partial charge in [0.15, 0.2) is 0 Å². The topological polar surface area (TPSA) is 55.8 Å². The van der Waals surface area contributed by atoms with Crippen molar-refractivity contribution in [3.05, 3.63) is 29.8 Å². The van der Waals surface area contributed by atoms with E-state index in [2.05, 4.69) is 15.1 Å². The summed E-state index contributed by atoms with van der Waals surface area (Å²) in [4.78, 5) is 16.3. The number of carbonyl (C=O) groups is 1. The van der Waals surface area contributed by atoms with E-state index in [0.29, 0.717) is 0 Å². The van der Waals surface area contributed by atoms with Crippen molar-refractivity contribution in [3.8, 4) is 0 Å². The van der Waals surface area contributed by atoms with E-state index in [1.165, 1.54) is 6.92 Å². The molecule has 1 aliphatic rings. The lowest BCUT2D eigenvalue weighted by Crippen LogP contribution is -2.49. The number of aliphatic hydroxyl groups is 1. The van der Waals surface area contributed by atoms with Gasteiger partial charge in [-0.05, 0) is 24.3 Å². The molecule has 1 heterocycles. The van der Waals surface area contributed by atoms with Gasteiger partial charge in [-0.3, -0.25) is 9.69 Å². The van der Waals surface area contributed by atoms with Crippen molar-refractivity contribution in [3.63, 3.8) is 0 Å². The Bertz CT molecular complexity index is 496. The van der Waals surface area contributed by atoms with Gasteiger partial charge in [0, 0.05) is 50.9 Å². The van der Waals surface area contributed by atoms with Gasteiger partial charge in [0.1, 0.15) is 4.99 Å². The van der Waals surface area contributed by atoms with Crippen LogP contribution >= 0.6 is 12.2 Å². The van der Waals surface area contributed by atoms with Gasteiger partial charge < -0.3 is 15.3 Å². The maximum Gasteiger partial charge on any atom is 0.221 e. The van der Waals surface area contributed by atoms with Gasteiger partial charge in [0.2, 0.25) is 5.91 Å². The zero-order valence-corrected chi connectivity index (χ0v) is 13.0. The molecular weight excluding hydrogens is 286 g/mol. The Morgan fingerprint density at radius 1 is 1.24 bits per heavy atom. The van der Waals surface area contributed by atoms with Gasteiger partial charge in [-0.15, -0.1) is 0 Å². The van der Waals surface area contributed by atoms with Gasteiger partial charge in [0.05, 0.1) is 6.61 Å². The van der Waals surface area contributed by atoms with Crippen molar-refractivity contribution >= 4 is 28.8 Å². The zero-order chi connectivity index (χ0) is 15.2. The zero-order valence-electron chi connectivity index (χ0n) is 12.2. The monoisotopic (exact) mass is 307 g/mol. The summed E-state index contributed by atoms with van der Waals surface area (Å²) < 4.78 is 0. The minimum atomic E-state index is -0.0784. The van der Waals surface area contributed by atoms with E-state index in [9.17, 15) is 4.79 Å². The van der Waals surface area contributed by atoms with E-state index < -0.39 is 0 Å². The number of β-amino-alcohol motifs (C(OH)–C–C–N with tert-alkyl or cyclic N) is 1. The van der Waals surface area contributed by atoms with Crippen LogP contribution < -0.4 is 5.32 Å². The molecule has 1 fully saturated rings. The molecule has 1 amide bonds. The Morgan fingerprint density at radius 2 is 1.86 bits per heavy atom. The largest absolute Gasteiger partial charge is 0.395 e. The number of aliphatic hydroxyl groups excluding tert-OH is 1. The van der Waals surface area contributed by atoms with Gasteiger partial charge in [-0.25, -0.2) is 0 Å². The lowest BCUT2D eigenvalue weighted by atomic mass is 10.1. The molecule has 1 aromatic rings. The van der Waals surface area contributed by atoms with E-state index in [1.807, 2.05) is 24.3 Å². The molecule has 2 N–H and O–H groups in total. The fraction of sp³-hybridized carbons (Fsp3) is 0.467. The summed E-state index contributed by atoms with van der Waals surface area (Å²) in [5.41, 5.74) is 1.77. The fourth-order valence-electron chi connectivity index (χ4n) is 2.40. The van der Waals surface area contributed by atoms with Crippen molar-refractivity contribution in [2.45, 2.75) is 6.92 Å². The Balaban J connectivity index is 1.93. The van der Waals surface area contributed by atoms with Crippen LogP contribution in [0, 0.1) is 0 Å². The predicted octanol–water partition coefficient (Wildman–Crippen LogP) is 0.930. The minimum absolute atomic E-state index is 0.0784. The van der Waals surface area contributed by atoms with Crippen LogP contribution in [-0.2, 0) is 4.79 Å². The summed E-state index contributed by atoms with van der Waals surface area (Å²) in [6, 6.07) is 7.61. The Hall–Kier alpha value is -1.50. The van der Waals surface area contributed by atoms with Crippen LogP contribution in [0.15, 0.2) is 24.3 Å². The van der Waals surface area contributed by atoms with Gasteiger partial charge in [-0.1, -0.05) is 12.2 Å². The number of amides is 1. The number of hydrogen-bond acceptors (Lipinski definition) is 4. The third-order valence-electron chi connectivity index (χ3n) is 3.53. The lowest BCUT2D eigenvalue weighted by Gasteiger charge is -2.36. The molecular formula is C15H21N3O2S. The Morgan fingerprint density at radius 3 is 2.38 bits per heavy atom. The number of piperazine rings is 1. The first-order valence-electron chi connectivity index (χ1n) is 7.10. The molecule has 0 saturated carbocycles. The molecule has 1 saturated heterocycles. The summed E-state index contributed by atoms with van der Waals surface area (Å²) in [6.45, 7) is 6.03. The Labute approximate surface area is 130 Å². The van der Waals surface area contributed by atoms with E-state index in [1.54, 1.807) is 0 Å². The van der Waals surface area contributed by atoms with Crippen molar-refractivity contribution in [2.24, 2.45) is 0 Å². The average Bonchev–Trinajstić information content (AvgIpc) is 2.48. The van der Waals surface area contributed by atoms with Crippen molar-refractivity contribution in [2.75, 3.05) is 44.6 Å². The number of hydrogen-bond donors (Lipinski definition) is 2. The highest BCUT2D eigenvalue weighted by molar-refractivity contribution is 7.80. The van der Waals surface area contributed by atoms with Crippen LogP contribution in [0.5, 0.6) is 0 Å². The van der Waals surface area contributed by atoms with Crippen LogP contribution in [0.25, 0.3) is 0 Å². The molecule has 0 atom stereocenters. The summed E-state index contributed by atoms with van der Waals surface area (Å²) in [5.74, 6) is -0.0784. The predicted molar refractivity (Wildman–Crippen MR) is 87.5 cm³/mol. The maximum atomic E-state index is 11.0. The molecule has 1 aliphatic heterocycles. The van der Waals surface area contributed by atoms with Crippen LogP contribution in [0.3, 0.4) is 0 Å². The fourth-order valence-corrected chi connectivity index (χ4v) is 2.72. The number of thiocarbonyl (C=S) groups is 1. The summed E-state index contributed by atoms with van der Waals surface area (Å²) >= 11 is 5.55. The molecule has 0 unspecified atom stereocenters. The second-order valence-corrected chi connectivity index (χ2v) is 5.50. The van der Waals surface area contributed by atoms with E-state index >= 15 is 0 Å². The number of anilines is 1. The molecule has 0 aromatic heterocycles. The first kappa shape index (κ1) is 15.9. The second-order valence-electron chi connectivity index (χ2n) is 5.12. The number of benzene rings is 1. The van der Waals surface area contributed by atoms with Crippen LogP contribution in [-0.4, -0.2) is 65.1 Å². The third-order valence-corrected chi connectivity index (χ3v) is 4.02. The number of nitrogens with one attached hydrogen (secondary N) is 1. The Kier molecular flexibility index (Phi) is 5.67. The highest BCUT2D eigenvalue weighted by Crippen LogP contribution is 2.14. The SMILES string of the molecule is CC(=O)Nc1ccc(C(=S)N2CCN(CCO)CC2)cc1. The van der Waals surface area contributed by atoms with Crippen molar-refractivity contribution < 1.29 is 9.90 Å². The highest BCUT2D eigenvalue weighted by atomic mass is 32.1. The highest BCUT2D eigenvalue weighted by Gasteiger charge is 2.19. The standard InChI is InChI=1S/C15H21N3O2S/c1-12(20)16-14-4-2-13(3-5-14)15(21)18-8-6-17(7-9-18)10-11-19/h2-5,19H,6-11H2,1H3,(H,16,20). The molecule has 1 aromatic carbocycles. The average molecular weight is 307 g/mol. The van der Waals surface area contributed by atoms with E-state index in [0.717, 1.165) is 49.0 Å². The smallest absolute Gasteiger partial charge is 0.221 e. The number of carbonyl (C=O) groups excluding carboxylic acids is 1. The van der Waals surface area contributed by atoms with Crippen LogP contribution in [0.4, 0.5) is 5.69 Å². The summed E-state index contributed by atoms with van der Waals surface area (Å²) in [5, 5.41) is 11.7. The molecule has 114 valence electrons. The van der Waals surface area contributed by atoms with E-state index in [4.69, 9.17) is 17.3 Å². The molecule has 0 radical (unpaired) electrons. The molecule has 0 aliphatic carbocycles. The minimum Gasteiger partial charge on any atom is -0.395 e. The number of nitrogens with zero attached hydrogens (tertiary/aromatic N) is 2. The maximum absolute atomic E-state index is 11.0. The lowest BCUT2D eigenvalue weighted by molar-refractivity contribution is -0.114. The van der Waals surface area contributed by atoms with Gasteiger partial charge in [0.25, 0.3) is 0 Å². The quantitative estimate of drug-likeness (QED) is 0.811.